The standard InChI is InChI=1S/C12H9BrF2N2O2S/c13-9-3-2-8(6-10(9)14)17-20(18,19)12-4-1-7(16)5-11(12)15/h1-6,17H,16H2. The summed E-state index contributed by atoms with van der Waals surface area (Å²) in [7, 11) is -4.15. The highest BCUT2D eigenvalue weighted by Gasteiger charge is 2.19. The van der Waals surface area contributed by atoms with E-state index in [9.17, 15) is 17.2 Å². The van der Waals surface area contributed by atoms with Gasteiger partial charge in [0.2, 0.25) is 0 Å². The van der Waals surface area contributed by atoms with E-state index in [1.807, 2.05) is 0 Å². The number of hydrogen-bond donors (Lipinski definition) is 2. The summed E-state index contributed by atoms with van der Waals surface area (Å²) in [6.07, 6.45) is 0. The molecule has 0 saturated carbocycles. The molecule has 2 aromatic rings. The number of rotatable bonds is 3. The third kappa shape index (κ3) is 3.07. The maximum absolute atomic E-state index is 13.6. The molecule has 2 rings (SSSR count). The number of hydrogen-bond acceptors (Lipinski definition) is 3. The summed E-state index contributed by atoms with van der Waals surface area (Å²) in [5.41, 5.74) is 5.45. The summed E-state index contributed by atoms with van der Waals surface area (Å²) < 4.78 is 53.2. The number of nitrogens with two attached hydrogens (primary N) is 1. The van der Waals surface area contributed by atoms with Gasteiger partial charge in [-0.05, 0) is 52.3 Å². The van der Waals surface area contributed by atoms with Gasteiger partial charge in [0.25, 0.3) is 10.0 Å². The van der Waals surface area contributed by atoms with Gasteiger partial charge in [0, 0.05) is 5.69 Å². The molecule has 3 N–H and O–H groups in total. The minimum atomic E-state index is -4.15. The van der Waals surface area contributed by atoms with Crippen molar-refractivity contribution in [3.8, 4) is 0 Å². The highest BCUT2D eigenvalue weighted by molar-refractivity contribution is 9.10. The third-order valence-electron chi connectivity index (χ3n) is 2.42. The number of nitrogens with one attached hydrogen (secondary N) is 1. The summed E-state index contributed by atoms with van der Waals surface area (Å²) in [6.45, 7) is 0. The van der Waals surface area contributed by atoms with Crippen LogP contribution in [-0.2, 0) is 10.0 Å². The Hall–Kier alpha value is -1.67. The van der Waals surface area contributed by atoms with Crippen LogP contribution in [0.5, 0.6) is 0 Å². The molecular formula is C12H9BrF2N2O2S. The van der Waals surface area contributed by atoms with Crippen LogP contribution in [0.25, 0.3) is 0 Å². The molecule has 0 atom stereocenters. The Morgan fingerprint density at radius 1 is 1.05 bits per heavy atom. The van der Waals surface area contributed by atoms with E-state index >= 15 is 0 Å². The molecule has 0 aromatic heterocycles. The molecule has 20 heavy (non-hydrogen) atoms. The predicted octanol–water partition coefficient (Wildman–Crippen LogP) is 3.11. The molecule has 8 heteroatoms. The van der Waals surface area contributed by atoms with Crippen LogP contribution in [0.1, 0.15) is 0 Å². The molecule has 0 spiro atoms. The average molecular weight is 363 g/mol. The molecule has 0 aliphatic heterocycles. The first kappa shape index (κ1) is 14.7. The minimum absolute atomic E-state index is 0.0121. The molecule has 2 aromatic carbocycles. The van der Waals surface area contributed by atoms with Crippen LogP contribution >= 0.6 is 15.9 Å². The Kier molecular flexibility index (Phi) is 3.96. The number of halogens is 3. The van der Waals surface area contributed by atoms with E-state index in [1.165, 1.54) is 18.2 Å². The Morgan fingerprint density at radius 3 is 2.35 bits per heavy atom. The highest BCUT2D eigenvalue weighted by Crippen LogP contribution is 2.23. The average Bonchev–Trinajstić information content (AvgIpc) is 2.33. The number of anilines is 2. The van der Waals surface area contributed by atoms with Crippen molar-refractivity contribution in [1.29, 1.82) is 0 Å². The van der Waals surface area contributed by atoms with Crippen molar-refractivity contribution in [2.24, 2.45) is 0 Å². The van der Waals surface area contributed by atoms with Crippen LogP contribution in [0, 0.1) is 11.6 Å². The number of benzene rings is 2. The lowest BCUT2D eigenvalue weighted by molar-refractivity contribution is 0.571. The van der Waals surface area contributed by atoms with E-state index in [-0.39, 0.29) is 15.8 Å². The topological polar surface area (TPSA) is 72.2 Å². The lowest BCUT2D eigenvalue weighted by atomic mass is 10.3. The second-order valence-corrected chi connectivity index (χ2v) is 6.43. The SMILES string of the molecule is Nc1ccc(S(=O)(=O)Nc2ccc(Br)c(F)c2)c(F)c1. The second kappa shape index (κ2) is 5.37. The molecule has 106 valence electrons. The molecule has 0 aliphatic carbocycles. The molecule has 0 bridgehead atoms. The van der Waals surface area contributed by atoms with Crippen molar-refractivity contribution in [3.63, 3.8) is 0 Å². The van der Waals surface area contributed by atoms with E-state index in [1.54, 1.807) is 0 Å². The van der Waals surface area contributed by atoms with Gasteiger partial charge in [0.05, 0.1) is 10.2 Å². The molecule has 0 fully saturated rings. The van der Waals surface area contributed by atoms with Gasteiger partial charge < -0.3 is 5.73 Å². The number of nitrogen functional groups attached to an aromatic ring is 1. The lowest BCUT2D eigenvalue weighted by Gasteiger charge is -2.09. The van der Waals surface area contributed by atoms with E-state index in [2.05, 4.69) is 20.7 Å². The van der Waals surface area contributed by atoms with Gasteiger partial charge >= 0.3 is 0 Å². The molecular weight excluding hydrogens is 354 g/mol. The Morgan fingerprint density at radius 2 is 1.75 bits per heavy atom. The maximum atomic E-state index is 13.6. The van der Waals surface area contributed by atoms with Gasteiger partial charge in [0.1, 0.15) is 16.5 Å². The molecule has 0 radical (unpaired) electrons. The molecule has 0 saturated heterocycles. The summed E-state index contributed by atoms with van der Waals surface area (Å²) in [5, 5.41) is 0. The maximum Gasteiger partial charge on any atom is 0.264 e. The fraction of sp³-hybridized carbons (Fsp3) is 0. The fourth-order valence-corrected chi connectivity index (χ4v) is 2.86. The van der Waals surface area contributed by atoms with Crippen molar-refractivity contribution >= 4 is 37.3 Å². The highest BCUT2D eigenvalue weighted by atomic mass is 79.9. The number of sulfonamides is 1. The molecule has 4 nitrogen and oxygen atoms in total. The summed E-state index contributed by atoms with van der Waals surface area (Å²) in [6, 6.07) is 6.88. The van der Waals surface area contributed by atoms with Gasteiger partial charge in [-0.1, -0.05) is 0 Å². The van der Waals surface area contributed by atoms with Gasteiger partial charge in [0.15, 0.2) is 0 Å². The second-order valence-electron chi connectivity index (χ2n) is 3.92. The third-order valence-corrected chi connectivity index (χ3v) is 4.47. The van der Waals surface area contributed by atoms with Gasteiger partial charge in [-0.15, -0.1) is 0 Å². The van der Waals surface area contributed by atoms with E-state index < -0.39 is 26.6 Å². The van der Waals surface area contributed by atoms with Crippen LogP contribution < -0.4 is 10.5 Å². The monoisotopic (exact) mass is 362 g/mol. The Labute approximate surface area is 122 Å². The van der Waals surface area contributed by atoms with E-state index in [4.69, 9.17) is 5.73 Å². The Balaban J connectivity index is 2.38. The van der Waals surface area contributed by atoms with Crippen molar-refractivity contribution < 1.29 is 17.2 Å². The van der Waals surface area contributed by atoms with Crippen LogP contribution in [0.15, 0.2) is 45.8 Å². The lowest BCUT2D eigenvalue weighted by Crippen LogP contribution is -2.15. The molecule has 0 aliphatic rings. The van der Waals surface area contributed by atoms with Gasteiger partial charge in [-0.3, -0.25) is 4.72 Å². The summed E-state index contributed by atoms with van der Waals surface area (Å²) in [4.78, 5) is -0.560. The zero-order chi connectivity index (χ0) is 14.9. The van der Waals surface area contributed by atoms with E-state index in [0.29, 0.717) is 0 Å². The normalized spacial score (nSPS) is 11.3. The first-order valence-electron chi connectivity index (χ1n) is 5.32. The van der Waals surface area contributed by atoms with Gasteiger partial charge in [-0.2, -0.15) is 0 Å². The van der Waals surface area contributed by atoms with Crippen molar-refractivity contribution in [3.05, 3.63) is 52.5 Å². The largest absolute Gasteiger partial charge is 0.399 e. The Bertz CT molecular complexity index is 766. The first-order chi connectivity index (χ1) is 9.29. The quantitative estimate of drug-likeness (QED) is 0.824. The van der Waals surface area contributed by atoms with E-state index in [0.717, 1.165) is 18.2 Å². The fourth-order valence-electron chi connectivity index (χ4n) is 1.50. The minimum Gasteiger partial charge on any atom is -0.399 e. The van der Waals surface area contributed by atoms with Crippen LogP contribution in [0.3, 0.4) is 0 Å². The molecule has 0 amide bonds. The molecule has 0 unspecified atom stereocenters. The first-order valence-corrected chi connectivity index (χ1v) is 7.60. The van der Waals surface area contributed by atoms with Crippen molar-refractivity contribution in [1.82, 2.24) is 0 Å². The summed E-state index contributed by atoms with van der Waals surface area (Å²) >= 11 is 2.95. The summed E-state index contributed by atoms with van der Waals surface area (Å²) in [5.74, 6) is -1.61. The van der Waals surface area contributed by atoms with Crippen molar-refractivity contribution in [2.75, 3.05) is 10.5 Å². The molecule has 0 heterocycles. The predicted molar refractivity (Wildman–Crippen MR) is 75.7 cm³/mol. The van der Waals surface area contributed by atoms with Crippen LogP contribution in [0.4, 0.5) is 20.2 Å². The van der Waals surface area contributed by atoms with Crippen LogP contribution in [0.2, 0.25) is 0 Å². The van der Waals surface area contributed by atoms with Gasteiger partial charge in [-0.25, -0.2) is 17.2 Å². The van der Waals surface area contributed by atoms with Crippen LogP contribution in [-0.4, -0.2) is 8.42 Å². The smallest absolute Gasteiger partial charge is 0.264 e. The zero-order valence-electron chi connectivity index (χ0n) is 9.90. The van der Waals surface area contributed by atoms with Crippen molar-refractivity contribution in [2.45, 2.75) is 4.90 Å². The zero-order valence-corrected chi connectivity index (χ0v) is 12.3.